The Kier molecular flexibility index (Phi) is 3.05. The number of aromatic amines is 1. The number of nitrogens with zero attached hydrogens (tertiary/aromatic N) is 2. The first-order chi connectivity index (χ1) is 12.7. The second-order valence-electron chi connectivity index (χ2n) is 6.30. The molecule has 3 heterocycles. The molecule has 0 bridgehead atoms. The zero-order valence-corrected chi connectivity index (χ0v) is 13.6. The predicted molar refractivity (Wildman–Crippen MR) is 100 cm³/mol. The third-order valence-corrected chi connectivity index (χ3v) is 4.87. The van der Waals surface area contributed by atoms with Gasteiger partial charge in [-0.1, -0.05) is 18.2 Å². The van der Waals surface area contributed by atoms with Gasteiger partial charge < -0.3 is 10.3 Å². The number of fused-ring (bicyclic) bond motifs is 2. The van der Waals surface area contributed by atoms with Crippen molar-refractivity contribution in [3.63, 3.8) is 0 Å². The standard InChI is InChI=1S/C20H14N4O2/c25-24(26)13-7-5-12(6-8-13)19-16-11-22-20-18(16)15(9-10-21-20)14-3-1-2-4-17(14)23-19/h1-11,19,23H,(H,21,22). The molecule has 4 aromatic rings. The van der Waals surface area contributed by atoms with Gasteiger partial charge in [0.15, 0.2) is 0 Å². The number of H-pyrrole nitrogens is 1. The Morgan fingerprint density at radius 2 is 1.81 bits per heavy atom. The molecule has 5 rings (SSSR count). The van der Waals surface area contributed by atoms with Crippen LogP contribution < -0.4 is 5.32 Å². The van der Waals surface area contributed by atoms with E-state index in [0.717, 1.165) is 39.0 Å². The summed E-state index contributed by atoms with van der Waals surface area (Å²) in [4.78, 5) is 18.3. The normalized spacial score (nSPS) is 15.2. The fraction of sp³-hybridized carbons (Fsp3) is 0.0500. The number of nitrogens with one attached hydrogen (secondary N) is 2. The van der Waals surface area contributed by atoms with Gasteiger partial charge in [0.25, 0.3) is 5.69 Å². The number of hydrogen-bond acceptors (Lipinski definition) is 4. The van der Waals surface area contributed by atoms with Crippen molar-refractivity contribution in [1.82, 2.24) is 9.97 Å². The molecular weight excluding hydrogens is 328 g/mol. The SMILES string of the molecule is O=[N+]([O-])c1ccc(C2Nc3ccccc3-c3ccnc4[nH]cc2c34)cc1. The number of rotatable bonds is 2. The van der Waals surface area contributed by atoms with Gasteiger partial charge in [0, 0.05) is 46.7 Å². The van der Waals surface area contributed by atoms with E-state index in [2.05, 4.69) is 27.4 Å². The molecule has 2 N–H and O–H groups in total. The Balaban J connectivity index is 1.76. The Labute approximate surface area is 148 Å². The van der Waals surface area contributed by atoms with Gasteiger partial charge in [-0.25, -0.2) is 4.98 Å². The van der Waals surface area contributed by atoms with E-state index >= 15 is 0 Å². The minimum absolute atomic E-state index is 0.0871. The van der Waals surface area contributed by atoms with Crippen LogP contribution >= 0.6 is 0 Å². The second-order valence-corrected chi connectivity index (χ2v) is 6.30. The summed E-state index contributed by atoms with van der Waals surface area (Å²) in [5, 5.41) is 15.6. The summed E-state index contributed by atoms with van der Waals surface area (Å²) in [6.45, 7) is 0. The highest BCUT2D eigenvalue weighted by Gasteiger charge is 2.26. The summed E-state index contributed by atoms with van der Waals surface area (Å²) in [6.07, 6.45) is 3.77. The van der Waals surface area contributed by atoms with E-state index in [9.17, 15) is 10.1 Å². The molecule has 6 heteroatoms. The van der Waals surface area contributed by atoms with E-state index in [1.165, 1.54) is 0 Å². The van der Waals surface area contributed by atoms with Gasteiger partial charge in [0.2, 0.25) is 0 Å². The first-order valence-electron chi connectivity index (χ1n) is 8.28. The molecule has 2 aromatic carbocycles. The smallest absolute Gasteiger partial charge is 0.269 e. The number of hydrogen-bond donors (Lipinski definition) is 2. The first kappa shape index (κ1) is 14.7. The van der Waals surface area contributed by atoms with Crippen LogP contribution in [0, 0.1) is 10.1 Å². The van der Waals surface area contributed by atoms with E-state index in [4.69, 9.17) is 0 Å². The minimum Gasteiger partial charge on any atom is -0.374 e. The van der Waals surface area contributed by atoms with Crippen molar-refractivity contribution in [3.05, 3.63) is 88.2 Å². The van der Waals surface area contributed by atoms with Crippen molar-refractivity contribution < 1.29 is 4.92 Å². The number of aromatic nitrogens is 2. The van der Waals surface area contributed by atoms with Crippen LogP contribution in [-0.4, -0.2) is 14.9 Å². The van der Waals surface area contributed by atoms with Crippen LogP contribution in [-0.2, 0) is 0 Å². The maximum atomic E-state index is 11.0. The molecule has 0 spiro atoms. The highest BCUT2D eigenvalue weighted by atomic mass is 16.6. The number of nitro groups is 1. The molecule has 2 aromatic heterocycles. The van der Waals surface area contributed by atoms with E-state index in [0.29, 0.717) is 0 Å². The average molecular weight is 342 g/mol. The zero-order chi connectivity index (χ0) is 17.7. The maximum Gasteiger partial charge on any atom is 0.269 e. The van der Waals surface area contributed by atoms with Crippen LogP contribution in [0.2, 0.25) is 0 Å². The van der Waals surface area contributed by atoms with E-state index in [1.54, 1.807) is 30.5 Å². The van der Waals surface area contributed by atoms with Crippen LogP contribution in [0.15, 0.2) is 67.0 Å². The molecule has 26 heavy (non-hydrogen) atoms. The fourth-order valence-electron chi connectivity index (χ4n) is 3.66. The molecule has 6 nitrogen and oxygen atoms in total. The van der Waals surface area contributed by atoms with Gasteiger partial charge in [-0.05, 0) is 35.4 Å². The lowest BCUT2D eigenvalue weighted by Crippen LogP contribution is -2.11. The van der Waals surface area contributed by atoms with Gasteiger partial charge in [0.05, 0.1) is 11.0 Å². The molecule has 1 atom stereocenters. The van der Waals surface area contributed by atoms with Crippen LogP contribution in [0.25, 0.3) is 22.2 Å². The summed E-state index contributed by atoms with van der Waals surface area (Å²) >= 11 is 0. The van der Waals surface area contributed by atoms with Crippen molar-refractivity contribution in [3.8, 4) is 11.1 Å². The lowest BCUT2D eigenvalue weighted by Gasteiger charge is -2.19. The lowest BCUT2D eigenvalue weighted by atomic mass is 9.97. The van der Waals surface area contributed by atoms with Gasteiger partial charge in [-0.15, -0.1) is 0 Å². The minimum atomic E-state index is -0.382. The van der Waals surface area contributed by atoms with Gasteiger partial charge in [-0.2, -0.15) is 0 Å². The molecule has 1 aliphatic heterocycles. The number of pyridine rings is 1. The van der Waals surface area contributed by atoms with Gasteiger partial charge >= 0.3 is 0 Å². The summed E-state index contributed by atoms with van der Waals surface area (Å²) in [6, 6.07) is 16.8. The Hall–Kier alpha value is -3.67. The van der Waals surface area contributed by atoms with Crippen LogP contribution in [0.5, 0.6) is 0 Å². The molecule has 0 aliphatic carbocycles. The number of non-ortho nitro benzene ring substituents is 1. The summed E-state index contributed by atoms with van der Waals surface area (Å²) in [7, 11) is 0. The number of anilines is 1. The second kappa shape index (κ2) is 5.42. The molecule has 0 saturated carbocycles. The highest BCUT2D eigenvalue weighted by molar-refractivity contribution is 6.01. The number of benzene rings is 2. The van der Waals surface area contributed by atoms with Crippen LogP contribution in [0.4, 0.5) is 11.4 Å². The van der Waals surface area contributed by atoms with E-state index < -0.39 is 0 Å². The van der Waals surface area contributed by atoms with Crippen molar-refractivity contribution in [2.45, 2.75) is 6.04 Å². The Morgan fingerprint density at radius 1 is 1.00 bits per heavy atom. The average Bonchev–Trinajstić information content (AvgIpc) is 3.04. The maximum absolute atomic E-state index is 11.0. The van der Waals surface area contributed by atoms with E-state index in [-0.39, 0.29) is 16.7 Å². The zero-order valence-electron chi connectivity index (χ0n) is 13.6. The third-order valence-electron chi connectivity index (χ3n) is 4.87. The summed E-state index contributed by atoms with van der Waals surface area (Å²) in [5.41, 5.74) is 6.23. The third kappa shape index (κ3) is 2.09. The Morgan fingerprint density at radius 3 is 2.62 bits per heavy atom. The Bertz CT molecular complexity index is 1150. The largest absolute Gasteiger partial charge is 0.374 e. The summed E-state index contributed by atoms with van der Waals surface area (Å²) in [5.74, 6) is 0. The van der Waals surface area contributed by atoms with Crippen molar-refractivity contribution in [2.75, 3.05) is 5.32 Å². The highest BCUT2D eigenvalue weighted by Crippen LogP contribution is 2.43. The van der Waals surface area contributed by atoms with Crippen LogP contribution in [0.1, 0.15) is 17.2 Å². The lowest BCUT2D eigenvalue weighted by molar-refractivity contribution is -0.384. The van der Waals surface area contributed by atoms with E-state index in [1.807, 2.05) is 24.4 Å². The van der Waals surface area contributed by atoms with Crippen molar-refractivity contribution in [2.24, 2.45) is 0 Å². The predicted octanol–water partition coefficient (Wildman–Crippen LogP) is 4.65. The van der Waals surface area contributed by atoms with Crippen molar-refractivity contribution >= 4 is 22.4 Å². The molecule has 126 valence electrons. The molecule has 0 saturated heterocycles. The molecular formula is C20H14N4O2. The quantitative estimate of drug-likeness (QED) is 0.410. The topological polar surface area (TPSA) is 83.8 Å². The molecule has 1 aliphatic rings. The first-order valence-corrected chi connectivity index (χ1v) is 8.28. The molecule has 1 unspecified atom stereocenters. The monoisotopic (exact) mass is 342 g/mol. The van der Waals surface area contributed by atoms with Crippen LogP contribution in [0.3, 0.4) is 0 Å². The van der Waals surface area contributed by atoms with Gasteiger partial charge in [-0.3, -0.25) is 10.1 Å². The molecule has 0 fully saturated rings. The summed E-state index contributed by atoms with van der Waals surface area (Å²) < 4.78 is 0. The number of nitro benzene ring substituents is 1. The fourth-order valence-corrected chi connectivity index (χ4v) is 3.66. The van der Waals surface area contributed by atoms with Gasteiger partial charge in [0.1, 0.15) is 5.65 Å². The number of para-hydroxylation sites is 1. The van der Waals surface area contributed by atoms with Crippen molar-refractivity contribution in [1.29, 1.82) is 0 Å². The molecule has 0 amide bonds. The molecule has 0 radical (unpaired) electrons.